The molecule has 5 aromatic rings. The predicted molar refractivity (Wildman–Crippen MR) is 163 cm³/mol. The van der Waals surface area contributed by atoms with E-state index in [-0.39, 0.29) is 0 Å². The van der Waals surface area contributed by atoms with Gasteiger partial charge < -0.3 is 16.8 Å². The van der Waals surface area contributed by atoms with Gasteiger partial charge in [-0.05, 0) is 71.5 Å². The maximum absolute atomic E-state index is 6.10. The van der Waals surface area contributed by atoms with Crippen LogP contribution in [-0.4, -0.2) is 26.0 Å². The Morgan fingerprint density at radius 1 is 0.974 bits per heavy atom. The van der Waals surface area contributed by atoms with Gasteiger partial charge in [0.05, 0.1) is 24.8 Å². The van der Waals surface area contributed by atoms with Gasteiger partial charge in [-0.1, -0.05) is 38.1 Å². The van der Waals surface area contributed by atoms with E-state index in [0.717, 1.165) is 33.1 Å². The topological polar surface area (TPSA) is 120 Å². The van der Waals surface area contributed by atoms with Crippen LogP contribution in [0, 0.1) is 13.8 Å². The minimum Gasteiger partial charge on any atom is -0.405 e. The fourth-order valence-corrected chi connectivity index (χ4v) is 4.57. The molecular formula is C31H36N8. The molecule has 8 nitrogen and oxygen atoms in total. The van der Waals surface area contributed by atoms with E-state index in [1.54, 1.807) is 18.5 Å². The second-order valence-corrected chi connectivity index (χ2v) is 9.06. The van der Waals surface area contributed by atoms with Gasteiger partial charge in [-0.3, -0.25) is 9.67 Å². The number of anilines is 2. The predicted octanol–water partition coefficient (Wildman–Crippen LogP) is 5.91. The Hall–Kier alpha value is -4.72. The molecule has 2 aromatic carbocycles. The first-order valence-corrected chi connectivity index (χ1v) is 13.2. The molecule has 0 radical (unpaired) electrons. The second kappa shape index (κ2) is 12.7. The van der Waals surface area contributed by atoms with Crippen LogP contribution in [0.3, 0.4) is 0 Å². The van der Waals surface area contributed by atoms with Gasteiger partial charge in [-0.2, -0.15) is 5.10 Å². The summed E-state index contributed by atoms with van der Waals surface area (Å²) in [5.74, 6) is 1.37. The van der Waals surface area contributed by atoms with Gasteiger partial charge >= 0.3 is 0 Å². The van der Waals surface area contributed by atoms with Crippen molar-refractivity contribution in [2.45, 2.75) is 47.3 Å². The number of hydrogen-bond acceptors (Lipinski definition) is 7. The summed E-state index contributed by atoms with van der Waals surface area (Å²) < 4.78 is 2.00. The molecule has 0 aliphatic carbocycles. The molecule has 0 fully saturated rings. The number of nitrogen functional groups attached to an aromatic ring is 1. The standard InChI is InChI=1S/C29H30N8.C2H6/c1-19-12-25-24(8-11-33-29(25)31)20(2)26(19)17-35-28-13-27-23(15-34-28)16-36-37(27)18-22-6-4-21(5-7-22)14-32-10-3-9-30;1-2/h3-13,15-16H,14,17-18,30H2,1-2H3,(H2,31,33)(H,34,35);1-2H3/b9-3-,32-10?;. The second-order valence-electron chi connectivity index (χ2n) is 9.06. The first kappa shape index (κ1) is 27.3. The highest BCUT2D eigenvalue weighted by Crippen LogP contribution is 2.28. The molecule has 0 saturated carbocycles. The van der Waals surface area contributed by atoms with E-state index in [9.17, 15) is 0 Å². The minimum atomic E-state index is 0.562. The molecule has 8 heteroatoms. The Morgan fingerprint density at radius 3 is 2.51 bits per heavy atom. The number of nitrogens with zero attached hydrogens (tertiary/aromatic N) is 5. The van der Waals surface area contributed by atoms with Gasteiger partial charge in [-0.15, -0.1) is 0 Å². The highest BCUT2D eigenvalue weighted by Gasteiger charge is 2.11. The van der Waals surface area contributed by atoms with Crippen molar-refractivity contribution in [2.24, 2.45) is 10.7 Å². The maximum Gasteiger partial charge on any atom is 0.131 e. The molecule has 200 valence electrons. The normalized spacial score (nSPS) is 11.4. The molecule has 0 aliphatic heterocycles. The molecule has 0 bridgehead atoms. The van der Waals surface area contributed by atoms with Crippen LogP contribution in [0.15, 0.2) is 78.3 Å². The van der Waals surface area contributed by atoms with Gasteiger partial charge in [0, 0.05) is 42.0 Å². The summed E-state index contributed by atoms with van der Waals surface area (Å²) in [6.07, 6.45) is 10.4. The number of fused-ring (bicyclic) bond motifs is 2. The van der Waals surface area contributed by atoms with Crippen LogP contribution in [0.1, 0.15) is 41.7 Å². The molecule has 0 spiro atoms. The zero-order valence-electron chi connectivity index (χ0n) is 23.0. The Balaban J connectivity index is 0.00000172. The van der Waals surface area contributed by atoms with E-state index in [1.807, 2.05) is 37.0 Å². The molecule has 3 aromatic heterocycles. The minimum absolute atomic E-state index is 0.562. The number of benzene rings is 2. The lowest BCUT2D eigenvalue weighted by Gasteiger charge is -2.15. The largest absolute Gasteiger partial charge is 0.405 e. The van der Waals surface area contributed by atoms with E-state index in [1.165, 1.54) is 28.5 Å². The van der Waals surface area contributed by atoms with Crippen LogP contribution < -0.4 is 16.8 Å². The Labute approximate surface area is 229 Å². The zero-order chi connectivity index (χ0) is 27.8. The summed E-state index contributed by atoms with van der Waals surface area (Å²) in [7, 11) is 0. The molecule has 5 N–H and O–H groups in total. The zero-order valence-corrected chi connectivity index (χ0v) is 23.0. The van der Waals surface area contributed by atoms with E-state index in [4.69, 9.17) is 11.5 Å². The number of pyridine rings is 2. The molecular weight excluding hydrogens is 484 g/mol. The average Bonchev–Trinajstić information content (AvgIpc) is 3.35. The van der Waals surface area contributed by atoms with Crippen molar-refractivity contribution in [3.05, 3.63) is 101 Å². The SMILES string of the molecule is CC.Cc1cc2c(N)nccc2c(C)c1CNc1cc2c(cn1)cnn2Cc1ccc(CN=C/C=C\N)cc1. The number of nitrogens with two attached hydrogens (primary N) is 2. The number of rotatable bonds is 8. The summed E-state index contributed by atoms with van der Waals surface area (Å²) in [4.78, 5) is 13.2. The van der Waals surface area contributed by atoms with E-state index < -0.39 is 0 Å². The van der Waals surface area contributed by atoms with Crippen molar-refractivity contribution in [3.63, 3.8) is 0 Å². The summed E-state index contributed by atoms with van der Waals surface area (Å²) in [5.41, 5.74) is 18.4. The third-order valence-corrected chi connectivity index (χ3v) is 6.62. The van der Waals surface area contributed by atoms with Crippen LogP contribution in [0.4, 0.5) is 11.6 Å². The van der Waals surface area contributed by atoms with Crippen LogP contribution in [-0.2, 0) is 19.6 Å². The molecule has 0 atom stereocenters. The molecule has 39 heavy (non-hydrogen) atoms. The van der Waals surface area contributed by atoms with Gasteiger partial charge in [-0.25, -0.2) is 9.97 Å². The maximum atomic E-state index is 6.10. The van der Waals surface area contributed by atoms with Crippen LogP contribution >= 0.6 is 0 Å². The Morgan fingerprint density at radius 2 is 1.74 bits per heavy atom. The van der Waals surface area contributed by atoms with Crippen molar-refractivity contribution in [3.8, 4) is 0 Å². The first-order chi connectivity index (χ1) is 19.0. The van der Waals surface area contributed by atoms with Gasteiger partial charge in [0.1, 0.15) is 11.6 Å². The molecule has 3 heterocycles. The third kappa shape index (κ3) is 6.23. The summed E-state index contributed by atoms with van der Waals surface area (Å²) in [6.45, 7) is 10.2. The summed E-state index contributed by atoms with van der Waals surface area (Å²) in [5, 5.41) is 11.2. The molecule has 0 unspecified atom stereocenters. The average molecular weight is 521 g/mol. The lowest BCUT2D eigenvalue weighted by atomic mass is 9.96. The fourth-order valence-electron chi connectivity index (χ4n) is 4.57. The number of aromatic nitrogens is 4. The number of nitrogens with one attached hydrogen (secondary N) is 1. The van der Waals surface area contributed by atoms with Crippen molar-refractivity contribution < 1.29 is 0 Å². The molecule has 0 saturated heterocycles. The van der Waals surface area contributed by atoms with Crippen molar-refractivity contribution >= 4 is 39.5 Å². The highest BCUT2D eigenvalue weighted by molar-refractivity contribution is 5.94. The smallest absolute Gasteiger partial charge is 0.131 e. The lowest BCUT2D eigenvalue weighted by molar-refractivity contribution is 0.711. The quantitative estimate of drug-likeness (QED) is 0.219. The lowest BCUT2D eigenvalue weighted by Crippen LogP contribution is -2.07. The number of aryl methyl sites for hydroxylation is 2. The number of aliphatic imine (C=N–C) groups is 1. The van der Waals surface area contributed by atoms with Crippen LogP contribution in [0.25, 0.3) is 21.7 Å². The third-order valence-electron chi connectivity index (χ3n) is 6.62. The number of allylic oxidation sites excluding steroid dienone is 1. The van der Waals surface area contributed by atoms with Crippen molar-refractivity contribution in [1.82, 2.24) is 19.7 Å². The van der Waals surface area contributed by atoms with E-state index in [2.05, 4.69) is 75.6 Å². The van der Waals surface area contributed by atoms with Crippen molar-refractivity contribution in [2.75, 3.05) is 11.1 Å². The first-order valence-electron chi connectivity index (χ1n) is 13.2. The van der Waals surface area contributed by atoms with Crippen LogP contribution in [0.5, 0.6) is 0 Å². The highest BCUT2D eigenvalue weighted by atomic mass is 15.3. The van der Waals surface area contributed by atoms with E-state index in [0.29, 0.717) is 25.5 Å². The Bertz CT molecular complexity index is 1610. The molecule has 5 rings (SSSR count). The van der Waals surface area contributed by atoms with Crippen molar-refractivity contribution in [1.29, 1.82) is 0 Å². The monoisotopic (exact) mass is 520 g/mol. The summed E-state index contributed by atoms with van der Waals surface area (Å²) in [6, 6.07) is 14.6. The summed E-state index contributed by atoms with van der Waals surface area (Å²) >= 11 is 0. The van der Waals surface area contributed by atoms with Crippen LogP contribution in [0.2, 0.25) is 0 Å². The Kier molecular flexibility index (Phi) is 8.89. The van der Waals surface area contributed by atoms with Gasteiger partial charge in [0.25, 0.3) is 0 Å². The number of hydrogen-bond donors (Lipinski definition) is 3. The van der Waals surface area contributed by atoms with Gasteiger partial charge in [0.2, 0.25) is 0 Å². The van der Waals surface area contributed by atoms with E-state index >= 15 is 0 Å². The van der Waals surface area contributed by atoms with Gasteiger partial charge in [0.15, 0.2) is 0 Å². The molecule has 0 amide bonds. The fraction of sp³-hybridized carbons (Fsp3) is 0.226. The molecule has 0 aliphatic rings.